The van der Waals surface area contributed by atoms with Gasteiger partial charge in [0.1, 0.15) is 9.77 Å². The predicted octanol–water partition coefficient (Wildman–Crippen LogP) is 1.91. The van der Waals surface area contributed by atoms with E-state index in [9.17, 15) is 18.0 Å². The molecule has 0 atom stereocenters. The molecule has 27 heavy (non-hydrogen) atoms. The smallest absolute Gasteiger partial charge is 0.273 e. The number of fused-ring (bicyclic) bond motifs is 1. The van der Waals surface area contributed by atoms with E-state index in [1.165, 1.54) is 10.4 Å². The number of hydrogen-bond donors (Lipinski definition) is 2. The van der Waals surface area contributed by atoms with E-state index in [1.807, 2.05) is 24.3 Å². The van der Waals surface area contributed by atoms with Gasteiger partial charge in [-0.3, -0.25) is 20.4 Å². The Morgan fingerprint density at radius 2 is 1.81 bits per heavy atom. The maximum absolute atomic E-state index is 13.1. The monoisotopic (exact) mass is 407 g/mol. The van der Waals surface area contributed by atoms with Crippen molar-refractivity contribution in [3.63, 3.8) is 0 Å². The second-order valence-electron chi connectivity index (χ2n) is 6.57. The number of nitrogens with one attached hydrogen (secondary N) is 2. The molecule has 0 fully saturated rings. The van der Waals surface area contributed by atoms with Gasteiger partial charge in [0.15, 0.2) is 0 Å². The summed E-state index contributed by atoms with van der Waals surface area (Å²) in [6, 6.07) is 9.17. The average molecular weight is 408 g/mol. The highest BCUT2D eigenvalue weighted by molar-refractivity contribution is 7.89. The van der Waals surface area contributed by atoms with Gasteiger partial charge in [0.2, 0.25) is 15.9 Å². The van der Waals surface area contributed by atoms with Crippen LogP contribution in [0.3, 0.4) is 0 Å². The first-order valence-corrected chi connectivity index (χ1v) is 10.9. The zero-order valence-electron chi connectivity index (χ0n) is 15.1. The molecule has 2 heterocycles. The molecule has 0 saturated carbocycles. The number of thiophene rings is 1. The van der Waals surface area contributed by atoms with Crippen LogP contribution in [0, 0.1) is 5.92 Å². The fourth-order valence-corrected chi connectivity index (χ4v) is 5.51. The van der Waals surface area contributed by atoms with Crippen LogP contribution in [0.15, 0.2) is 40.6 Å². The minimum atomic E-state index is -3.82. The molecule has 2 amide bonds. The molecule has 3 rings (SSSR count). The Morgan fingerprint density at radius 1 is 1.11 bits per heavy atom. The Balaban J connectivity index is 1.80. The SMILES string of the molecule is CC(C)C(=O)NNC(=O)c1sccc1S(=O)(=O)N1CCc2ccccc2C1. The van der Waals surface area contributed by atoms with Gasteiger partial charge < -0.3 is 0 Å². The van der Waals surface area contributed by atoms with Gasteiger partial charge in [-0.25, -0.2) is 8.42 Å². The molecule has 0 unspecified atom stereocenters. The number of carbonyl (C=O) groups excluding carboxylic acids is 2. The number of hydrazine groups is 1. The standard InChI is InChI=1S/C18H21N3O4S2/c1-12(2)17(22)19-20-18(23)16-15(8-10-26-16)27(24,25)21-9-7-13-5-3-4-6-14(13)11-21/h3-6,8,10,12H,7,9,11H2,1-2H3,(H,19,22)(H,20,23). The third-order valence-corrected chi connectivity index (χ3v) is 7.30. The van der Waals surface area contributed by atoms with Crippen LogP contribution in [0.1, 0.15) is 34.6 Å². The number of amides is 2. The lowest BCUT2D eigenvalue weighted by molar-refractivity contribution is -0.124. The number of hydrogen-bond acceptors (Lipinski definition) is 5. The molecule has 1 aromatic carbocycles. The highest BCUT2D eigenvalue weighted by atomic mass is 32.2. The van der Waals surface area contributed by atoms with E-state index in [0.29, 0.717) is 13.0 Å². The molecular weight excluding hydrogens is 386 g/mol. The van der Waals surface area contributed by atoms with Crippen LogP contribution in [-0.4, -0.2) is 31.1 Å². The largest absolute Gasteiger partial charge is 0.281 e. The lowest BCUT2D eigenvalue weighted by Crippen LogP contribution is -2.44. The lowest BCUT2D eigenvalue weighted by Gasteiger charge is -2.28. The van der Waals surface area contributed by atoms with Crippen molar-refractivity contribution >= 4 is 33.2 Å². The minimum absolute atomic E-state index is 0.0387. The number of nitrogens with zero attached hydrogens (tertiary/aromatic N) is 1. The van der Waals surface area contributed by atoms with Gasteiger partial charge in [-0.1, -0.05) is 38.1 Å². The average Bonchev–Trinajstić information content (AvgIpc) is 3.16. The first kappa shape index (κ1) is 19.5. The molecule has 2 aromatic rings. The third-order valence-electron chi connectivity index (χ3n) is 4.37. The number of carbonyl (C=O) groups is 2. The molecule has 0 radical (unpaired) electrons. The summed E-state index contributed by atoms with van der Waals surface area (Å²) in [5, 5.41) is 1.56. The van der Waals surface area contributed by atoms with Crippen molar-refractivity contribution in [1.29, 1.82) is 0 Å². The van der Waals surface area contributed by atoms with Crippen LogP contribution in [0.2, 0.25) is 0 Å². The summed E-state index contributed by atoms with van der Waals surface area (Å²) in [6.07, 6.45) is 0.630. The van der Waals surface area contributed by atoms with Crippen LogP contribution in [-0.2, 0) is 27.8 Å². The van der Waals surface area contributed by atoms with Gasteiger partial charge in [0, 0.05) is 19.0 Å². The lowest BCUT2D eigenvalue weighted by atomic mass is 10.0. The second-order valence-corrected chi connectivity index (χ2v) is 9.39. The maximum atomic E-state index is 13.1. The van der Waals surface area contributed by atoms with Gasteiger partial charge in [-0.15, -0.1) is 11.3 Å². The summed E-state index contributed by atoms with van der Waals surface area (Å²) in [6.45, 7) is 4.02. The quantitative estimate of drug-likeness (QED) is 0.757. The van der Waals surface area contributed by atoms with Crippen molar-refractivity contribution in [2.24, 2.45) is 5.92 Å². The van der Waals surface area contributed by atoms with Crippen molar-refractivity contribution in [2.75, 3.05) is 6.54 Å². The van der Waals surface area contributed by atoms with Gasteiger partial charge in [0.05, 0.1) is 0 Å². The molecular formula is C18H21N3O4S2. The van der Waals surface area contributed by atoms with Crippen LogP contribution in [0.5, 0.6) is 0 Å². The normalized spacial score (nSPS) is 14.6. The molecule has 144 valence electrons. The summed E-state index contributed by atoms with van der Waals surface area (Å²) in [4.78, 5) is 24.0. The molecule has 1 aromatic heterocycles. The fourth-order valence-electron chi connectivity index (χ4n) is 2.80. The van der Waals surface area contributed by atoms with Crippen LogP contribution in [0.25, 0.3) is 0 Å². The van der Waals surface area contributed by atoms with Crippen LogP contribution < -0.4 is 10.9 Å². The fraction of sp³-hybridized carbons (Fsp3) is 0.333. The van der Waals surface area contributed by atoms with E-state index in [0.717, 1.165) is 22.5 Å². The van der Waals surface area contributed by atoms with E-state index in [4.69, 9.17) is 0 Å². The number of sulfonamides is 1. The number of rotatable bonds is 4. The number of benzene rings is 1. The van der Waals surface area contributed by atoms with Crippen molar-refractivity contribution in [1.82, 2.24) is 15.2 Å². The summed E-state index contributed by atoms with van der Waals surface area (Å²) >= 11 is 1.03. The molecule has 7 nitrogen and oxygen atoms in total. The minimum Gasteiger partial charge on any atom is -0.273 e. The summed E-state index contributed by atoms with van der Waals surface area (Å²) in [5.41, 5.74) is 6.70. The van der Waals surface area contributed by atoms with E-state index in [1.54, 1.807) is 19.2 Å². The van der Waals surface area contributed by atoms with Crippen molar-refractivity contribution in [3.8, 4) is 0 Å². The first-order chi connectivity index (χ1) is 12.8. The van der Waals surface area contributed by atoms with Crippen molar-refractivity contribution in [2.45, 2.75) is 31.7 Å². The summed E-state index contributed by atoms with van der Waals surface area (Å²) < 4.78 is 27.6. The molecule has 1 aliphatic heterocycles. The van der Waals surface area contributed by atoms with Gasteiger partial charge in [-0.05, 0) is 29.0 Å². The maximum Gasteiger partial charge on any atom is 0.281 e. The van der Waals surface area contributed by atoms with Gasteiger partial charge in [-0.2, -0.15) is 4.31 Å². The summed E-state index contributed by atoms with van der Waals surface area (Å²) in [5.74, 6) is -1.29. The Labute approximate surface area is 162 Å². The molecule has 0 aliphatic carbocycles. The Hall–Kier alpha value is -2.23. The Kier molecular flexibility index (Phi) is 5.64. The highest BCUT2D eigenvalue weighted by Gasteiger charge is 2.32. The predicted molar refractivity (Wildman–Crippen MR) is 103 cm³/mol. The zero-order chi connectivity index (χ0) is 19.6. The van der Waals surface area contributed by atoms with Gasteiger partial charge in [0.25, 0.3) is 5.91 Å². The zero-order valence-corrected chi connectivity index (χ0v) is 16.7. The van der Waals surface area contributed by atoms with Crippen molar-refractivity contribution < 1.29 is 18.0 Å². The molecule has 2 N–H and O–H groups in total. The van der Waals surface area contributed by atoms with E-state index < -0.39 is 15.9 Å². The van der Waals surface area contributed by atoms with Crippen LogP contribution >= 0.6 is 11.3 Å². The molecule has 0 spiro atoms. The van der Waals surface area contributed by atoms with E-state index in [2.05, 4.69) is 10.9 Å². The molecule has 0 saturated heterocycles. The Morgan fingerprint density at radius 3 is 2.52 bits per heavy atom. The molecule has 0 bridgehead atoms. The Bertz CT molecular complexity index is 966. The molecule has 9 heteroatoms. The van der Waals surface area contributed by atoms with Gasteiger partial charge >= 0.3 is 0 Å². The second kappa shape index (κ2) is 7.79. The van der Waals surface area contributed by atoms with E-state index in [-0.39, 0.29) is 28.1 Å². The topological polar surface area (TPSA) is 95.6 Å². The highest BCUT2D eigenvalue weighted by Crippen LogP contribution is 2.29. The summed E-state index contributed by atoms with van der Waals surface area (Å²) in [7, 11) is -3.82. The van der Waals surface area contributed by atoms with Crippen LogP contribution in [0.4, 0.5) is 0 Å². The third kappa shape index (κ3) is 4.05. The van der Waals surface area contributed by atoms with Crippen molar-refractivity contribution in [3.05, 3.63) is 51.7 Å². The first-order valence-electron chi connectivity index (χ1n) is 8.55. The van der Waals surface area contributed by atoms with E-state index >= 15 is 0 Å². The molecule has 1 aliphatic rings.